The molecule has 1 N–H and O–H groups in total. The van der Waals surface area contributed by atoms with Gasteiger partial charge in [-0.15, -0.1) is 0 Å². The molecule has 6 heteroatoms. The van der Waals surface area contributed by atoms with Crippen molar-refractivity contribution in [1.29, 1.82) is 0 Å². The first-order valence-electron chi connectivity index (χ1n) is 10.0. The summed E-state index contributed by atoms with van der Waals surface area (Å²) in [4.78, 5) is 23.4. The van der Waals surface area contributed by atoms with Crippen molar-refractivity contribution in [2.24, 2.45) is 9.98 Å². The number of thioether (sulfide) groups is 1. The topological polar surface area (TPSA) is 65.3 Å². The van der Waals surface area contributed by atoms with Gasteiger partial charge in [0, 0.05) is 5.69 Å². The van der Waals surface area contributed by atoms with E-state index < -0.39 is 5.97 Å². The molecule has 1 aliphatic carbocycles. The summed E-state index contributed by atoms with van der Waals surface area (Å²) in [7, 11) is 0. The van der Waals surface area contributed by atoms with Crippen LogP contribution in [-0.4, -0.2) is 33.4 Å². The van der Waals surface area contributed by atoms with Crippen LogP contribution in [0.5, 0.6) is 0 Å². The lowest BCUT2D eigenvalue weighted by Crippen LogP contribution is -2.52. The molecule has 0 atom stereocenters. The van der Waals surface area contributed by atoms with Gasteiger partial charge in [0.05, 0.1) is 11.4 Å². The molecule has 29 heavy (non-hydrogen) atoms. The lowest BCUT2D eigenvalue weighted by Gasteiger charge is -2.42. The number of hydrogen-bond acceptors (Lipinski definition) is 4. The average Bonchev–Trinajstić information content (AvgIpc) is 3.01. The Morgan fingerprint density at radius 1 is 1.10 bits per heavy atom. The van der Waals surface area contributed by atoms with Gasteiger partial charge in [-0.1, -0.05) is 67.4 Å². The lowest BCUT2D eigenvalue weighted by molar-refractivity contribution is -0.133. The third-order valence-corrected chi connectivity index (χ3v) is 6.52. The number of nitrogens with zero attached hydrogens (tertiary/aromatic N) is 3. The quantitative estimate of drug-likeness (QED) is 0.735. The van der Waals surface area contributed by atoms with Crippen LogP contribution in [0.3, 0.4) is 0 Å². The zero-order valence-corrected chi connectivity index (χ0v) is 17.4. The normalized spacial score (nSPS) is 19.6. The number of anilines is 1. The van der Waals surface area contributed by atoms with Crippen molar-refractivity contribution in [1.82, 2.24) is 0 Å². The van der Waals surface area contributed by atoms with Gasteiger partial charge in [0.15, 0.2) is 11.0 Å². The Labute approximate surface area is 175 Å². The molecule has 0 amide bonds. The van der Waals surface area contributed by atoms with E-state index in [0.717, 1.165) is 53.6 Å². The van der Waals surface area contributed by atoms with E-state index in [9.17, 15) is 9.90 Å². The number of carboxylic acids is 1. The summed E-state index contributed by atoms with van der Waals surface area (Å²) in [5.41, 5.74) is 2.76. The molecule has 4 rings (SSSR count). The summed E-state index contributed by atoms with van der Waals surface area (Å²) in [6.45, 7) is 2.06. The van der Waals surface area contributed by atoms with Crippen LogP contribution in [-0.2, 0) is 4.79 Å². The molecule has 2 aromatic carbocycles. The summed E-state index contributed by atoms with van der Waals surface area (Å²) < 4.78 is 0. The smallest absolute Gasteiger partial charge is 0.313 e. The van der Waals surface area contributed by atoms with Gasteiger partial charge < -0.3 is 10.0 Å². The maximum absolute atomic E-state index is 11.3. The Morgan fingerprint density at radius 2 is 1.79 bits per heavy atom. The highest BCUT2D eigenvalue weighted by molar-refractivity contribution is 8.14. The van der Waals surface area contributed by atoms with Gasteiger partial charge in [-0.05, 0) is 43.5 Å². The molecule has 1 spiro atoms. The van der Waals surface area contributed by atoms with Crippen LogP contribution in [0.15, 0.2) is 64.6 Å². The number of aliphatic imine (C=N–C) groups is 2. The van der Waals surface area contributed by atoms with Crippen LogP contribution in [0.1, 0.15) is 37.7 Å². The Morgan fingerprint density at radius 3 is 2.48 bits per heavy atom. The minimum Gasteiger partial charge on any atom is -0.481 e. The predicted molar refractivity (Wildman–Crippen MR) is 121 cm³/mol. The average molecular weight is 408 g/mol. The van der Waals surface area contributed by atoms with Crippen molar-refractivity contribution in [3.63, 3.8) is 0 Å². The van der Waals surface area contributed by atoms with E-state index in [1.807, 2.05) is 36.4 Å². The van der Waals surface area contributed by atoms with Gasteiger partial charge in [0.25, 0.3) is 0 Å². The molecule has 1 saturated carbocycles. The number of carbonyl (C=O) groups is 1. The second-order valence-corrected chi connectivity index (χ2v) is 8.50. The summed E-state index contributed by atoms with van der Waals surface area (Å²) in [6, 6.07) is 18.3. The molecule has 1 fully saturated rings. The monoisotopic (exact) mass is 407 g/mol. The number of para-hydroxylation sites is 2. The van der Waals surface area contributed by atoms with E-state index in [0.29, 0.717) is 0 Å². The third kappa shape index (κ3) is 3.94. The largest absolute Gasteiger partial charge is 0.481 e. The molecule has 0 aromatic heterocycles. The highest BCUT2D eigenvalue weighted by Gasteiger charge is 2.49. The SMILES string of the molecule is Cc1ccccc1N=C1N=C(SCC(=O)O)N(c2ccccc2)C12CCCCC2. The van der Waals surface area contributed by atoms with Crippen LogP contribution < -0.4 is 4.90 Å². The highest BCUT2D eigenvalue weighted by Crippen LogP contribution is 2.44. The Bertz CT molecular complexity index is 950. The molecule has 1 heterocycles. The molecule has 5 nitrogen and oxygen atoms in total. The van der Waals surface area contributed by atoms with E-state index in [1.54, 1.807) is 0 Å². The molecule has 0 unspecified atom stereocenters. The zero-order chi connectivity index (χ0) is 20.3. The first-order chi connectivity index (χ1) is 14.1. The fraction of sp³-hybridized carbons (Fsp3) is 0.348. The van der Waals surface area contributed by atoms with E-state index in [1.165, 1.54) is 18.2 Å². The van der Waals surface area contributed by atoms with Crippen LogP contribution >= 0.6 is 11.8 Å². The molecule has 1 aliphatic heterocycles. The first-order valence-corrected chi connectivity index (χ1v) is 11.0. The maximum Gasteiger partial charge on any atom is 0.313 e. The summed E-state index contributed by atoms with van der Waals surface area (Å²) in [5.74, 6) is -0.0495. The molecule has 0 bridgehead atoms. The molecule has 150 valence electrons. The van der Waals surface area contributed by atoms with Gasteiger partial charge in [-0.25, -0.2) is 9.98 Å². The fourth-order valence-corrected chi connectivity index (χ4v) is 5.01. The van der Waals surface area contributed by atoms with Crippen molar-refractivity contribution in [2.75, 3.05) is 10.7 Å². The number of aliphatic carboxylic acids is 1. The predicted octanol–water partition coefficient (Wildman–Crippen LogP) is 5.42. The van der Waals surface area contributed by atoms with Crippen molar-refractivity contribution in [2.45, 2.75) is 44.6 Å². The zero-order valence-electron chi connectivity index (χ0n) is 16.5. The number of hydrogen-bond donors (Lipinski definition) is 1. The van der Waals surface area contributed by atoms with Gasteiger partial charge >= 0.3 is 5.97 Å². The van der Waals surface area contributed by atoms with Crippen molar-refractivity contribution in [3.05, 3.63) is 60.2 Å². The second-order valence-electron chi connectivity index (χ2n) is 7.56. The number of amidine groups is 2. The summed E-state index contributed by atoms with van der Waals surface area (Å²) in [5, 5.41) is 9.97. The highest BCUT2D eigenvalue weighted by atomic mass is 32.2. The summed E-state index contributed by atoms with van der Waals surface area (Å²) >= 11 is 1.28. The van der Waals surface area contributed by atoms with Gasteiger partial charge in [-0.2, -0.15) is 0 Å². The van der Waals surface area contributed by atoms with Crippen LogP contribution in [0.2, 0.25) is 0 Å². The van der Waals surface area contributed by atoms with Gasteiger partial charge in [0.1, 0.15) is 5.54 Å². The van der Waals surface area contributed by atoms with E-state index in [-0.39, 0.29) is 11.3 Å². The maximum atomic E-state index is 11.3. The molecule has 0 radical (unpaired) electrons. The van der Waals surface area contributed by atoms with Crippen LogP contribution in [0, 0.1) is 6.92 Å². The minimum atomic E-state index is -0.840. The lowest BCUT2D eigenvalue weighted by atomic mass is 9.79. The molecule has 0 saturated heterocycles. The minimum absolute atomic E-state index is 0.0180. The van der Waals surface area contributed by atoms with E-state index in [2.05, 4.69) is 30.0 Å². The number of carboxylic acid groups (broad SMARTS) is 1. The van der Waals surface area contributed by atoms with Crippen molar-refractivity contribution in [3.8, 4) is 0 Å². The number of benzene rings is 2. The molecule has 2 aliphatic rings. The standard InChI is InChI=1S/C23H25N3O2S/c1-17-10-6-7-13-19(17)24-21-23(14-8-3-9-15-23)26(18-11-4-2-5-12-18)22(25-21)29-16-20(27)28/h2,4-7,10-13H,3,8-9,14-16H2,1H3,(H,27,28). The van der Waals surface area contributed by atoms with Crippen LogP contribution in [0.4, 0.5) is 11.4 Å². The fourth-order valence-electron chi connectivity index (χ4n) is 4.20. The van der Waals surface area contributed by atoms with E-state index >= 15 is 0 Å². The molecular weight excluding hydrogens is 382 g/mol. The number of rotatable bonds is 4. The van der Waals surface area contributed by atoms with Crippen LogP contribution in [0.25, 0.3) is 0 Å². The number of aryl methyl sites for hydroxylation is 1. The summed E-state index contributed by atoms with van der Waals surface area (Å²) in [6.07, 6.45) is 5.37. The Hall–Kier alpha value is -2.60. The third-order valence-electron chi connectivity index (χ3n) is 5.60. The van der Waals surface area contributed by atoms with Gasteiger partial charge in [0.2, 0.25) is 0 Å². The Balaban J connectivity index is 1.84. The van der Waals surface area contributed by atoms with Gasteiger partial charge in [-0.3, -0.25) is 4.79 Å². The molecular formula is C23H25N3O2S. The molecule has 2 aromatic rings. The first kappa shape index (κ1) is 19.7. The van der Waals surface area contributed by atoms with Crippen molar-refractivity contribution >= 4 is 40.1 Å². The van der Waals surface area contributed by atoms with E-state index in [4.69, 9.17) is 9.98 Å². The Kier molecular flexibility index (Phi) is 5.72. The van der Waals surface area contributed by atoms with Crippen molar-refractivity contribution < 1.29 is 9.90 Å². The second kappa shape index (κ2) is 8.41.